The van der Waals surface area contributed by atoms with Gasteiger partial charge in [0.2, 0.25) is 0 Å². The van der Waals surface area contributed by atoms with Gasteiger partial charge in [0, 0.05) is 6.54 Å². The van der Waals surface area contributed by atoms with Crippen molar-refractivity contribution < 1.29 is 29.1 Å². The van der Waals surface area contributed by atoms with Crippen LogP contribution in [-0.4, -0.2) is 59.2 Å². The van der Waals surface area contributed by atoms with Crippen LogP contribution in [0, 0.1) is 0 Å². The summed E-state index contributed by atoms with van der Waals surface area (Å²) in [5, 5.41) is 20.7. The lowest BCUT2D eigenvalue weighted by molar-refractivity contribution is 0.105. The summed E-state index contributed by atoms with van der Waals surface area (Å²) in [5.41, 5.74) is 0.498. The van der Waals surface area contributed by atoms with E-state index in [4.69, 9.17) is 14.9 Å². The van der Waals surface area contributed by atoms with Gasteiger partial charge in [0.05, 0.1) is 19.0 Å². The Morgan fingerprint density at radius 1 is 1.45 bits per heavy atom. The molecule has 0 saturated carbocycles. The molecular weight excluding hydrogens is 293 g/mol. The Labute approximate surface area is 111 Å². The first kappa shape index (κ1) is 14.6. The molecular formula is C8H12N5O6P. The summed E-state index contributed by atoms with van der Waals surface area (Å²) >= 11 is 0. The lowest BCUT2D eigenvalue weighted by Gasteiger charge is -2.11. The van der Waals surface area contributed by atoms with Crippen molar-refractivity contribution in [3.05, 3.63) is 6.33 Å². The molecule has 12 heteroatoms. The average Bonchev–Trinajstić information content (AvgIpc) is 2.81. The number of imidazole rings is 1. The summed E-state index contributed by atoms with van der Waals surface area (Å²) in [7, 11) is -4.79. The van der Waals surface area contributed by atoms with Crippen LogP contribution in [0.15, 0.2) is 6.33 Å². The van der Waals surface area contributed by atoms with Crippen molar-refractivity contribution in [1.29, 1.82) is 0 Å². The van der Waals surface area contributed by atoms with E-state index in [1.165, 1.54) is 6.33 Å². The number of aromatic nitrogens is 4. The van der Waals surface area contributed by atoms with E-state index < -0.39 is 26.5 Å². The summed E-state index contributed by atoms with van der Waals surface area (Å²) in [4.78, 5) is 31.5. The lowest BCUT2D eigenvalue weighted by atomic mass is 10.3. The van der Waals surface area contributed by atoms with Gasteiger partial charge in [-0.3, -0.25) is 9.79 Å². The van der Waals surface area contributed by atoms with E-state index in [0.29, 0.717) is 5.52 Å². The van der Waals surface area contributed by atoms with E-state index in [1.807, 2.05) is 0 Å². The third kappa shape index (κ3) is 3.62. The van der Waals surface area contributed by atoms with E-state index in [-0.39, 0.29) is 18.0 Å². The van der Waals surface area contributed by atoms with Crippen LogP contribution in [-0.2, 0) is 4.57 Å². The van der Waals surface area contributed by atoms with Gasteiger partial charge in [-0.25, -0.2) is 9.55 Å². The average molecular weight is 305 g/mol. The molecule has 0 aliphatic heterocycles. The Morgan fingerprint density at radius 3 is 2.85 bits per heavy atom. The first-order valence-corrected chi connectivity index (χ1v) is 6.91. The molecule has 6 N–H and O–H groups in total. The Morgan fingerprint density at radius 2 is 2.20 bits per heavy atom. The van der Waals surface area contributed by atoms with Crippen LogP contribution < -0.4 is 9.84 Å². The predicted molar refractivity (Wildman–Crippen MR) is 65.9 cm³/mol. The van der Waals surface area contributed by atoms with Crippen LogP contribution in [0.5, 0.6) is 6.01 Å². The minimum atomic E-state index is -4.79. The number of nitrogens with zero attached hydrogens (tertiary/aromatic N) is 3. The standard InChI is InChI=1S/C8H12N5O6P/c14-2-4(15)1-9-6-5-7(11-3-10-5)13-8(12-6)19-20(16,17)18/h3-4,14-15H,1-2H2,(H2,16,17,18)(H2,9,10,11,12,13). The van der Waals surface area contributed by atoms with Crippen molar-refractivity contribution in [3.8, 4) is 6.01 Å². The van der Waals surface area contributed by atoms with Gasteiger partial charge in [0.1, 0.15) is 5.52 Å². The molecule has 0 bridgehead atoms. The van der Waals surface area contributed by atoms with Crippen LogP contribution in [0.4, 0.5) is 5.82 Å². The van der Waals surface area contributed by atoms with Gasteiger partial charge in [-0.15, -0.1) is 0 Å². The largest absolute Gasteiger partial charge is 0.527 e. The maximum Gasteiger partial charge on any atom is 0.527 e. The smallest absolute Gasteiger partial charge is 0.394 e. The van der Waals surface area contributed by atoms with E-state index in [0.717, 1.165) is 0 Å². The number of aliphatic hydroxyl groups is 2. The monoisotopic (exact) mass is 305 g/mol. The summed E-state index contributed by atoms with van der Waals surface area (Å²) in [5.74, 6) is 0.128. The summed E-state index contributed by atoms with van der Waals surface area (Å²) in [6.45, 7) is -0.479. The van der Waals surface area contributed by atoms with Gasteiger partial charge in [0.15, 0.2) is 11.5 Å². The normalized spacial score (nSPS) is 13.4. The number of rotatable bonds is 6. The summed E-state index contributed by atoms with van der Waals surface area (Å²) < 4.78 is 15.1. The molecule has 20 heavy (non-hydrogen) atoms. The van der Waals surface area contributed by atoms with E-state index in [2.05, 4.69) is 29.8 Å². The van der Waals surface area contributed by atoms with Crippen molar-refractivity contribution in [2.24, 2.45) is 0 Å². The number of nitrogens with one attached hydrogen (secondary N) is 2. The SMILES string of the molecule is O=P(O)(O)Oc1nc(NCC(O)CO)c2[nH]cnc2n1. The molecule has 0 aromatic carbocycles. The number of aromatic amines is 1. The fourth-order valence-corrected chi connectivity index (χ4v) is 1.66. The highest BCUT2D eigenvalue weighted by molar-refractivity contribution is 7.46. The Kier molecular flexibility index (Phi) is 4.16. The van der Waals surface area contributed by atoms with Crippen LogP contribution in [0.2, 0.25) is 0 Å². The summed E-state index contributed by atoms with van der Waals surface area (Å²) in [6.07, 6.45) is 0.294. The second kappa shape index (κ2) is 5.69. The Hall–Kier alpha value is -1.78. The number of H-pyrrole nitrogens is 1. The van der Waals surface area contributed by atoms with Gasteiger partial charge in [-0.1, -0.05) is 0 Å². The quantitative estimate of drug-likeness (QED) is 0.348. The number of phosphoric acid groups is 1. The van der Waals surface area contributed by atoms with Crippen molar-refractivity contribution in [2.45, 2.75) is 6.10 Å². The number of hydrogen-bond donors (Lipinski definition) is 6. The molecule has 2 aromatic rings. The topological polar surface area (TPSA) is 174 Å². The summed E-state index contributed by atoms with van der Waals surface area (Å²) in [6, 6.07) is -0.557. The molecule has 0 spiro atoms. The zero-order valence-corrected chi connectivity index (χ0v) is 10.9. The zero-order chi connectivity index (χ0) is 14.8. The molecule has 0 aliphatic carbocycles. The fourth-order valence-electron chi connectivity index (χ4n) is 1.37. The molecule has 1 unspecified atom stereocenters. The second-order valence-electron chi connectivity index (χ2n) is 3.76. The lowest BCUT2D eigenvalue weighted by Crippen LogP contribution is -2.23. The maximum atomic E-state index is 10.8. The van der Waals surface area contributed by atoms with E-state index in [1.54, 1.807) is 0 Å². The van der Waals surface area contributed by atoms with E-state index in [9.17, 15) is 9.67 Å². The molecule has 0 fully saturated rings. The Bertz CT molecular complexity index is 641. The molecule has 0 amide bonds. The highest BCUT2D eigenvalue weighted by atomic mass is 31.2. The minimum Gasteiger partial charge on any atom is -0.394 e. The van der Waals surface area contributed by atoms with Crippen molar-refractivity contribution in [1.82, 2.24) is 19.9 Å². The molecule has 2 aromatic heterocycles. The van der Waals surface area contributed by atoms with Crippen LogP contribution in [0.3, 0.4) is 0 Å². The maximum absolute atomic E-state index is 10.8. The molecule has 1 atom stereocenters. The molecule has 11 nitrogen and oxygen atoms in total. The third-order valence-electron chi connectivity index (χ3n) is 2.18. The number of aliphatic hydroxyl groups excluding tert-OH is 2. The minimum absolute atomic E-state index is 0.0308. The Balaban J connectivity index is 2.31. The highest BCUT2D eigenvalue weighted by Gasteiger charge is 2.20. The van der Waals surface area contributed by atoms with Crippen LogP contribution in [0.1, 0.15) is 0 Å². The van der Waals surface area contributed by atoms with Crippen molar-refractivity contribution >= 4 is 24.8 Å². The zero-order valence-electron chi connectivity index (χ0n) is 9.96. The number of fused-ring (bicyclic) bond motifs is 1. The van der Waals surface area contributed by atoms with Gasteiger partial charge >= 0.3 is 13.8 Å². The predicted octanol–water partition coefficient (Wildman–Crippen LogP) is -1.41. The van der Waals surface area contributed by atoms with Crippen molar-refractivity contribution in [3.63, 3.8) is 0 Å². The first-order chi connectivity index (χ1) is 9.39. The number of hydrogen-bond acceptors (Lipinski definition) is 8. The van der Waals surface area contributed by atoms with E-state index >= 15 is 0 Å². The molecule has 0 aliphatic rings. The number of anilines is 1. The van der Waals surface area contributed by atoms with Gasteiger partial charge < -0.3 is 25.0 Å². The third-order valence-corrected chi connectivity index (χ3v) is 2.58. The molecule has 2 rings (SSSR count). The molecule has 2 heterocycles. The number of phosphoric ester groups is 1. The molecule has 0 radical (unpaired) electrons. The highest BCUT2D eigenvalue weighted by Crippen LogP contribution is 2.36. The van der Waals surface area contributed by atoms with Gasteiger partial charge in [-0.2, -0.15) is 9.97 Å². The van der Waals surface area contributed by atoms with Gasteiger partial charge in [0.25, 0.3) is 0 Å². The second-order valence-corrected chi connectivity index (χ2v) is 4.92. The van der Waals surface area contributed by atoms with Gasteiger partial charge in [-0.05, 0) is 0 Å². The first-order valence-electron chi connectivity index (χ1n) is 5.38. The van der Waals surface area contributed by atoms with Crippen molar-refractivity contribution in [2.75, 3.05) is 18.5 Å². The molecule has 110 valence electrons. The van der Waals surface area contributed by atoms with Crippen LogP contribution >= 0.6 is 7.82 Å². The van der Waals surface area contributed by atoms with Crippen LogP contribution in [0.25, 0.3) is 11.2 Å². The fraction of sp³-hybridized carbons (Fsp3) is 0.375. The molecule has 0 saturated heterocycles.